The first kappa shape index (κ1) is 20.2. The molecule has 2 heterocycles. The van der Waals surface area contributed by atoms with E-state index in [1.54, 1.807) is 0 Å². The van der Waals surface area contributed by atoms with Gasteiger partial charge in [0.25, 0.3) is 0 Å². The molecule has 0 saturated carbocycles. The number of aromatic nitrogens is 1. The fourth-order valence-corrected chi connectivity index (χ4v) is 3.84. The maximum absolute atomic E-state index is 12.6. The van der Waals surface area contributed by atoms with Gasteiger partial charge in [0.15, 0.2) is 0 Å². The van der Waals surface area contributed by atoms with E-state index in [9.17, 15) is 4.79 Å². The highest BCUT2D eigenvalue weighted by molar-refractivity contribution is 5.98. The number of benzene rings is 2. The number of rotatable bonds is 5. The number of hydrogen-bond acceptors (Lipinski definition) is 5. The van der Waals surface area contributed by atoms with Gasteiger partial charge in [-0.2, -0.15) is 0 Å². The van der Waals surface area contributed by atoms with Crippen LogP contribution in [0.3, 0.4) is 0 Å². The average molecular weight is 404 g/mol. The molecule has 0 atom stereocenters. The minimum Gasteiger partial charge on any atom is -0.378 e. The van der Waals surface area contributed by atoms with E-state index in [2.05, 4.69) is 33.2 Å². The minimum atomic E-state index is -0.0167. The Morgan fingerprint density at radius 3 is 2.47 bits per heavy atom. The van der Waals surface area contributed by atoms with Crippen molar-refractivity contribution < 1.29 is 4.79 Å². The maximum Gasteiger partial charge on any atom is 0.228 e. The topological polar surface area (TPSA) is 51.7 Å². The summed E-state index contributed by atoms with van der Waals surface area (Å²) in [5, 5.41) is 4.13. The van der Waals surface area contributed by atoms with E-state index in [1.807, 2.05) is 67.7 Å². The number of piperazine rings is 1. The van der Waals surface area contributed by atoms with E-state index < -0.39 is 0 Å². The van der Waals surface area contributed by atoms with Crippen molar-refractivity contribution in [1.29, 1.82) is 0 Å². The first-order valence-corrected chi connectivity index (χ1v) is 10.4. The molecular formula is C24H29N5O. The second-order valence-electron chi connectivity index (χ2n) is 8.14. The second kappa shape index (κ2) is 8.71. The highest BCUT2D eigenvalue weighted by Gasteiger charge is 2.17. The van der Waals surface area contributed by atoms with E-state index in [4.69, 9.17) is 0 Å². The summed E-state index contributed by atoms with van der Waals surface area (Å²) in [4.78, 5) is 23.9. The maximum atomic E-state index is 12.6. The molecule has 0 radical (unpaired) electrons. The molecule has 6 nitrogen and oxygen atoms in total. The lowest BCUT2D eigenvalue weighted by Gasteiger charge is -2.34. The first-order chi connectivity index (χ1) is 14.5. The number of carbonyl (C=O) groups is 1. The number of likely N-dealkylation sites (N-methyl/N-ethyl adjacent to an activating group) is 1. The molecule has 0 bridgehead atoms. The average Bonchev–Trinajstić information content (AvgIpc) is 2.74. The molecule has 1 fully saturated rings. The monoisotopic (exact) mass is 403 g/mol. The van der Waals surface area contributed by atoms with Crippen LogP contribution in [-0.4, -0.2) is 63.1 Å². The second-order valence-corrected chi connectivity index (χ2v) is 8.14. The van der Waals surface area contributed by atoms with E-state index in [-0.39, 0.29) is 5.91 Å². The molecule has 6 heteroatoms. The lowest BCUT2D eigenvalue weighted by molar-refractivity contribution is -0.115. The van der Waals surface area contributed by atoms with E-state index >= 15 is 0 Å². The van der Waals surface area contributed by atoms with Crippen molar-refractivity contribution in [3.63, 3.8) is 0 Å². The predicted octanol–water partition coefficient (Wildman–Crippen LogP) is 3.23. The van der Waals surface area contributed by atoms with Crippen molar-refractivity contribution in [3.05, 3.63) is 60.3 Å². The van der Waals surface area contributed by atoms with Gasteiger partial charge in [-0.25, -0.2) is 0 Å². The van der Waals surface area contributed by atoms with Gasteiger partial charge in [-0.05, 0) is 49.0 Å². The Labute approximate surface area is 178 Å². The third-order valence-electron chi connectivity index (χ3n) is 5.66. The van der Waals surface area contributed by atoms with Gasteiger partial charge in [-0.3, -0.25) is 9.78 Å². The largest absolute Gasteiger partial charge is 0.378 e. The Balaban J connectivity index is 1.50. The standard InChI is InChI=1S/C24H29N5O/c1-27(2)20-7-4-18(5-8-20)16-24(30)26-19-6-9-22-21(17-19)23(10-11-25-22)29-14-12-28(3)13-15-29/h4-11,17H,12-16H2,1-3H3,(H,26,30). The predicted molar refractivity (Wildman–Crippen MR) is 125 cm³/mol. The molecule has 0 unspecified atom stereocenters. The summed E-state index contributed by atoms with van der Waals surface area (Å²) >= 11 is 0. The SMILES string of the molecule is CN1CCN(c2ccnc3ccc(NC(=O)Cc4ccc(N(C)C)cc4)cc23)CC1. The minimum absolute atomic E-state index is 0.0167. The summed E-state index contributed by atoms with van der Waals surface area (Å²) in [7, 11) is 6.17. The summed E-state index contributed by atoms with van der Waals surface area (Å²) in [6.07, 6.45) is 2.22. The van der Waals surface area contributed by atoms with Gasteiger partial charge in [0.05, 0.1) is 11.9 Å². The van der Waals surface area contributed by atoms with Crippen LogP contribution in [0.2, 0.25) is 0 Å². The van der Waals surface area contributed by atoms with Gasteiger partial charge in [0, 0.05) is 68.9 Å². The van der Waals surface area contributed by atoms with Gasteiger partial charge in [0.2, 0.25) is 5.91 Å². The van der Waals surface area contributed by atoms with Crippen molar-refractivity contribution in [2.75, 3.05) is 62.4 Å². The molecule has 1 aromatic heterocycles. The molecule has 1 N–H and O–H groups in total. The van der Waals surface area contributed by atoms with Gasteiger partial charge < -0.3 is 20.0 Å². The number of pyridine rings is 1. The van der Waals surface area contributed by atoms with Crippen molar-refractivity contribution in [3.8, 4) is 0 Å². The van der Waals surface area contributed by atoms with Crippen molar-refractivity contribution in [2.45, 2.75) is 6.42 Å². The number of amides is 1. The summed E-state index contributed by atoms with van der Waals surface area (Å²) in [5.74, 6) is -0.0167. The van der Waals surface area contributed by atoms with E-state index in [1.165, 1.54) is 5.69 Å². The number of nitrogens with one attached hydrogen (secondary N) is 1. The molecule has 1 amide bonds. The van der Waals surface area contributed by atoms with Crippen LogP contribution < -0.4 is 15.1 Å². The van der Waals surface area contributed by atoms with Gasteiger partial charge in [-0.15, -0.1) is 0 Å². The van der Waals surface area contributed by atoms with E-state index in [0.717, 1.165) is 54.0 Å². The van der Waals surface area contributed by atoms with Crippen LogP contribution in [0.25, 0.3) is 10.9 Å². The molecule has 0 aliphatic carbocycles. The molecule has 2 aromatic carbocycles. The highest BCUT2D eigenvalue weighted by atomic mass is 16.1. The lowest BCUT2D eigenvalue weighted by atomic mass is 10.1. The van der Waals surface area contributed by atoms with Crippen LogP contribution >= 0.6 is 0 Å². The lowest BCUT2D eigenvalue weighted by Crippen LogP contribution is -2.44. The van der Waals surface area contributed by atoms with E-state index in [0.29, 0.717) is 6.42 Å². The zero-order chi connectivity index (χ0) is 21.1. The Hall–Kier alpha value is -3.12. The van der Waals surface area contributed by atoms with Gasteiger partial charge in [0.1, 0.15) is 0 Å². The third kappa shape index (κ3) is 4.54. The summed E-state index contributed by atoms with van der Waals surface area (Å²) in [6.45, 7) is 4.09. The van der Waals surface area contributed by atoms with Crippen LogP contribution in [0.4, 0.5) is 17.1 Å². The fraction of sp³-hybridized carbons (Fsp3) is 0.333. The molecule has 30 heavy (non-hydrogen) atoms. The molecule has 4 rings (SSSR count). The quantitative estimate of drug-likeness (QED) is 0.709. The van der Waals surface area contributed by atoms with Gasteiger partial charge >= 0.3 is 0 Å². The zero-order valence-electron chi connectivity index (χ0n) is 17.9. The fourth-order valence-electron chi connectivity index (χ4n) is 3.84. The van der Waals surface area contributed by atoms with Crippen LogP contribution in [0.5, 0.6) is 0 Å². The number of fused-ring (bicyclic) bond motifs is 1. The Morgan fingerprint density at radius 2 is 1.77 bits per heavy atom. The van der Waals surface area contributed by atoms with Crippen LogP contribution in [0.1, 0.15) is 5.56 Å². The van der Waals surface area contributed by atoms with Crippen LogP contribution in [0, 0.1) is 0 Å². The zero-order valence-corrected chi connectivity index (χ0v) is 17.9. The van der Waals surface area contributed by atoms with Crippen LogP contribution in [-0.2, 0) is 11.2 Å². The Morgan fingerprint density at radius 1 is 1.03 bits per heavy atom. The number of nitrogens with zero attached hydrogens (tertiary/aromatic N) is 4. The van der Waals surface area contributed by atoms with Crippen molar-refractivity contribution >= 4 is 33.9 Å². The first-order valence-electron chi connectivity index (χ1n) is 10.4. The molecule has 1 saturated heterocycles. The van der Waals surface area contributed by atoms with Crippen LogP contribution in [0.15, 0.2) is 54.7 Å². The molecule has 156 valence electrons. The summed E-state index contributed by atoms with van der Waals surface area (Å²) in [5.41, 5.74) is 5.06. The Kier molecular flexibility index (Phi) is 5.86. The normalized spacial score (nSPS) is 14.7. The van der Waals surface area contributed by atoms with Crippen molar-refractivity contribution in [2.24, 2.45) is 0 Å². The smallest absolute Gasteiger partial charge is 0.228 e. The third-order valence-corrected chi connectivity index (χ3v) is 5.66. The Bertz CT molecular complexity index is 1020. The van der Waals surface area contributed by atoms with Crippen molar-refractivity contribution in [1.82, 2.24) is 9.88 Å². The molecule has 0 spiro atoms. The molecular weight excluding hydrogens is 374 g/mol. The number of hydrogen-bond donors (Lipinski definition) is 1. The molecule has 1 aliphatic heterocycles. The number of carbonyl (C=O) groups excluding carboxylic acids is 1. The summed E-state index contributed by atoms with van der Waals surface area (Å²) in [6, 6.07) is 16.1. The van der Waals surface area contributed by atoms with Gasteiger partial charge in [-0.1, -0.05) is 12.1 Å². The highest BCUT2D eigenvalue weighted by Crippen LogP contribution is 2.28. The summed E-state index contributed by atoms with van der Waals surface area (Å²) < 4.78 is 0. The molecule has 1 aliphatic rings. The molecule has 3 aromatic rings. The number of anilines is 3.